The average molecular weight is 370 g/mol. The molecular formula is C24H22N2O2. The first-order valence-corrected chi connectivity index (χ1v) is 9.61. The third-order valence-corrected chi connectivity index (χ3v) is 5.40. The number of ether oxygens (including phenoxy) is 1. The molecule has 1 aliphatic heterocycles. The zero-order valence-electron chi connectivity index (χ0n) is 15.5. The van der Waals surface area contributed by atoms with Gasteiger partial charge in [0.15, 0.2) is 0 Å². The summed E-state index contributed by atoms with van der Waals surface area (Å²) in [6.07, 6.45) is 0.978. The molecule has 3 aromatic carbocycles. The predicted octanol–water partition coefficient (Wildman–Crippen LogP) is 4.69. The van der Waals surface area contributed by atoms with Gasteiger partial charge in [0.05, 0.1) is 6.04 Å². The van der Waals surface area contributed by atoms with Crippen LogP contribution in [0.15, 0.2) is 72.8 Å². The van der Waals surface area contributed by atoms with Gasteiger partial charge in [-0.25, -0.2) is 0 Å². The summed E-state index contributed by atoms with van der Waals surface area (Å²) in [4.78, 5) is 3.60. The smallest absolute Gasteiger partial charge is 0.120 e. The van der Waals surface area contributed by atoms with Crippen molar-refractivity contribution in [3.05, 3.63) is 95.2 Å². The van der Waals surface area contributed by atoms with Crippen LogP contribution < -0.4 is 10.1 Å². The molecule has 0 saturated carbocycles. The fourth-order valence-corrected chi connectivity index (χ4v) is 3.99. The average Bonchev–Trinajstić information content (AvgIpc) is 3.12. The van der Waals surface area contributed by atoms with E-state index in [0.717, 1.165) is 35.4 Å². The molecule has 0 spiro atoms. The van der Waals surface area contributed by atoms with E-state index in [-0.39, 0.29) is 11.8 Å². The van der Waals surface area contributed by atoms with Crippen LogP contribution in [0, 0.1) is 0 Å². The van der Waals surface area contributed by atoms with Crippen molar-refractivity contribution in [3.63, 3.8) is 0 Å². The van der Waals surface area contributed by atoms with Crippen molar-refractivity contribution < 1.29 is 9.84 Å². The van der Waals surface area contributed by atoms with Crippen LogP contribution in [0.25, 0.3) is 10.9 Å². The summed E-state index contributed by atoms with van der Waals surface area (Å²) in [5.41, 5.74) is 5.98. The van der Waals surface area contributed by atoms with Crippen molar-refractivity contribution in [2.24, 2.45) is 0 Å². The molecule has 140 valence electrons. The van der Waals surface area contributed by atoms with Crippen LogP contribution in [0.2, 0.25) is 0 Å². The molecule has 1 aromatic heterocycles. The molecule has 4 nitrogen and oxygen atoms in total. The van der Waals surface area contributed by atoms with Gasteiger partial charge >= 0.3 is 0 Å². The van der Waals surface area contributed by atoms with E-state index in [1.807, 2.05) is 36.4 Å². The topological polar surface area (TPSA) is 57.3 Å². The molecule has 3 N–H and O–H groups in total. The Morgan fingerprint density at radius 1 is 0.964 bits per heavy atom. The monoisotopic (exact) mass is 370 g/mol. The van der Waals surface area contributed by atoms with Gasteiger partial charge in [0, 0.05) is 23.1 Å². The lowest BCUT2D eigenvalue weighted by atomic mass is 9.94. The fourth-order valence-electron chi connectivity index (χ4n) is 3.99. The van der Waals surface area contributed by atoms with E-state index in [4.69, 9.17) is 4.74 Å². The van der Waals surface area contributed by atoms with Crippen LogP contribution in [0.4, 0.5) is 0 Å². The molecule has 4 heteroatoms. The molecule has 1 unspecified atom stereocenters. The number of rotatable bonds is 4. The molecule has 0 amide bonds. The number of hydrogen-bond donors (Lipinski definition) is 3. The maximum absolute atomic E-state index is 9.59. The number of phenols is 1. The molecule has 1 atom stereocenters. The van der Waals surface area contributed by atoms with Gasteiger partial charge in [0.25, 0.3) is 0 Å². The molecule has 0 radical (unpaired) electrons. The number of fused-ring (bicyclic) bond motifs is 3. The lowest BCUT2D eigenvalue weighted by Crippen LogP contribution is -2.30. The Hall–Kier alpha value is -3.24. The molecule has 0 saturated heterocycles. The largest absolute Gasteiger partial charge is 0.508 e. The fraction of sp³-hybridized carbons (Fsp3) is 0.167. The second kappa shape index (κ2) is 7.06. The Balaban J connectivity index is 1.47. The highest BCUT2D eigenvalue weighted by Gasteiger charge is 2.25. The molecule has 0 fully saturated rings. The van der Waals surface area contributed by atoms with Gasteiger partial charge < -0.3 is 20.1 Å². The number of phenolic OH excluding ortho intramolecular Hbond substituents is 1. The zero-order chi connectivity index (χ0) is 18.9. The minimum atomic E-state index is 0.102. The van der Waals surface area contributed by atoms with Crippen molar-refractivity contribution in [1.29, 1.82) is 0 Å². The van der Waals surface area contributed by atoms with Gasteiger partial charge in [-0.2, -0.15) is 0 Å². The molecule has 2 heterocycles. The summed E-state index contributed by atoms with van der Waals surface area (Å²) < 4.78 is 6.03. The van der Waals surface area contributed by atoms with Gasteiger partial charge in [0.2, 0.25) is 0 Å². The van der Waals surface area contributed by atoms with Crippen molar-refractivity contribution in [2.45, 2.75) is 19.1 Å². The standard InChI is InChI=1S/C24H22N2O2/c27-18-8-6-17(7-9-18)23-24-20(12-13-25-23)21-14-19(10-11-22(21)26-24)28-15-16-4-2-1-3-5-16/h1-11,14,23,25-27H,12-13,15H2. The van der Waals surface area contributed by atoms with Crippen molar-refractivity contribution in [3.8, 4) is 11.5 Å². The molecule has 0 bridgehead atoms. The summed E-state index contributed by atoms with van der Waals surface area (Å²) in [6.45, 7) is 1.48. The van der Waals surface area contributed by atoms with Crippen LogP contribution in [0.1, 0.15) is 28.4 Å². The van der Waals surface area contributed by atoms with E-state index in [1.54, 1.807) is 12.1 Å². The Morgan fingerprint density at radius 3 is 2.61 bits per heavy atom. The van der Waals surface area contributed by atoms with Crippen LogP contribution in [-0.2, 0) is 13.0 Å². The molecule has 28 heavy (non-hydrogen) atoms. The number of aromatic amines is 1. The highest BCUT2D eigenvalue weighted by Crippen LogP contribution is 2.35. The quantitative estimate of drug-likeness (QED) is 0.489. The van der Waals surface area contributed by atoms with E-state index >= 15 is 0 Å². The molecule has 1 aliphatic rings. The second-order valence-corrected chi connectivity index (χ2v) is 7.23. The first-order chi connectivity index (χ1) is 13.8. The van der Waals surface area contributed by atoms with Gasteiger partial charge in [-0.3, -0.25) is 0 Å². The first-order valence-electron chi connectivity index (χ1n) is 9.61. The van der Waals surface area contributed by atoms with Gasteiger partial charge in [-0.15, -0.1) is 0 Å². The minimum Gasteiger partial charge on any atom is -0.508 e. The Labute approximate surface area is 163 Å². The van der Waals surface area contributed by atoms with E-state index in [0.29, 0.717) is 6.61 Å². The molecule has 4 aromatic rings. The maximum atomic E-state index is 9.59. The molecular weight excluding hydrogens is 348 g/mol. The molecule has 0 aliphatic carbocycles. The Kier molecular flexibility index (Phi) is 4.26. The van der Waals surface area contributed by atoms with E-state index in [9.17, 15) is 5.11 Å². The lowest BCUT2D eigenvalue weighted by molar-refractivity contribution is 0.306. The van der Waals surface area contributed by atoms with Crippen LogP contribution >= 0.6 is 0 Å². The van der Waals surface area contributed by atoms with Crippen LogP contribution in [0.5, 0.6) is 11.5 Å². The number of H-pyrrole nitrogens is 1. The summed E-state index contributed by atoms with van der Waals surface area (Å²) in [5.74, 6) is 1.18. The first kappa shape index (κ1) is 16.9. The van der Waals surface area contributed by atoms with Crippen LogP contribution in [-0.4, -0.2) is 16.6 Å². The number of aromatic hydroxyl groups is 1. The molecule has 5 rings (SSSR count). The Morgan fingerprint density at radius 2 is 1.79 bits per heavy atom. The van der Waals surface area contributed by atoms with E-state index < -0.39 is 0 Å². The summed E-state index contributed by atoms with van der Waals surface area (Å²) in [5, 5.41) is 14.4. The van der Waals surface area contributed by atoms with Crippen LogP contribution in [0.3, 0.4) is 0 Å². The zero-order valence-corrected chi connectivity index (χ0v) is 15.5. The summed E-state index contributed by atoms with van der Waals surface area (Å²) in [6, 6.07) is 24.0. The lowest BCUT2D eigenvalue weighted by Gasteiger charge is -2.24. The highest BCUT2D eigenvalue weighted by atomic mass is 16.5. The highest BCUT2D eigenvalue weighted by molar-refractivity contribution is 5.86. The second-order valence-electron chi connectivity index (χ2n) is 7.23. The third kappa shape index (κ3) is 3.12. The number of benzene rings is 3. The number of nitrogens with one attached hydrogen (secondary N) is 2. The Bertz CT molecular complexity index is 1100. The number of hydrogen-bond acceptors (Lipinski definition) is 3. The van der Waals surface area contributed by atoms with E-state index in [2.05, 4.69) is 34.6 Å². The van der Waals surface area contributed by atoms with Gasteiger partial charge in [-0.1, -0.05) is 42.5 Å². The minimum absolute atomic E-state index is 0.102. The van der Waals surface area contributed by atoms with Gasteiger partial charge in [-0.05, 0) is 53.4 Å². The third-order valence-electron chi connectivity index (χ3n) is 5.40. The summed E-state index contributed by atoms with van der Waals surface area (Å²) >= 11 is 0. The normalized spacial score (nSPS) is 16.1. The van der Waals surface area contributed by atoms with E-state index in [1.165, 1.54) is 16.6 Å². The van der Waals surface area contributed by atoms with Crippen molar-refractivity contribution >= 4 is 10.9 Å². The van der Waals surface area contributed by atoms with Crippen molar-refractivity contribution in [1.82, 2.24) is 10.3 Å². The number of aromatic nitrogens is 1. The van der Waals surface area contributed by atoms with Gasteiger partial charge in [0.1, 0.15) is 18.1 Å². The predicted molar refractivity (Wildman–Crippen MR) is 111 cm³/mol. The maximum Gasteiger partial charge on any atom is 0.120 e. The summed E-state index contributed by atoms with van der Waals surface area (Å²) in [7, 11) is 0. The van der Waals surface area contributed by atoms with Crippen molar-refractivity contribution in [2.75, 3.05) is 6.54 Å². The SMILES string of the molecule is Oc1ccc(C2NCCc3c2[nH]c2ccc(OCc4ccccc4)cc32)cc1.